The zero-order chi connectivity index (χ0) is 17.1. The minimum atomic E-state index is -1.05. The minimum absolute atomic E-state index is 0.126. The molecule has 0 saturated carbocycles. The number of carboxylic acid groups (broad SMARTS) is 1. The summed E-state index contributed by atoms with van der Waals surface area (Å²) in [6, 6.07) is 14.9. The third kappa shape index (κ3) is 3.44. The van der Waals surface area contributed by atoms with Gasteiger partial charge in [0.25, 0.3) is 0 Å². The first-order chi connectivity index (χ1) is 11.5. The first kappa shape index (κ1) is 16.1. The highest BCUT2D eigenvalue weighted by atomic mass is 35.5. The summed E-state index contributed by atoms with van der Waals surface area (Å²) in [5.74, 6) is -1.38. The van der Waals surface area contributed by atoms with Gasteiger partial charge in [0.1, 0.15) is 5.82 Å². The monoisotopic (exact) mass is 341 g/mol. The van der Waals surface area contributed by atoms with Crippen LogP contribution < -0.4 is 0 Å². The molecule has 24 heavy (non-hydrogen) atoms. The van der Waals surface area contributed by atoms with Crippen LogP contribution in [0.4, 0.5) is 4.39 Å². The van der Waals surface area contributed by atoms with Crippen molar-refractivity contribution in [2.45, 2.75) is 6.42 Å². The van der Waals surface area contributed by atoms with Crippen LogP contribution in [-0.2, 0) is 6.42 Å². The van der Waals surface area contributed by atoms with Gasteiger partial charge in [0.05, 0.1) is 11.3 Å². The Morgan fingerprint density at radius 2 is 1.79 bits per heavy atom. The Kier molecular flexibility index (Phi) is 4.58. The van der Waals surface area contributed by atoms with Gasteiger partial charge in [0.2, 0.25) is 0 Å². The molecule has 0 fully saturated rings. The van der Waals surface area contributed by atoms with Gasteiger partial charge in [-0.05, 0) is 53.9 Å². The molecule has 2 aromatic carbocycles. The van der Waals surface area contributed by atoms with Crippen LogP contribution in [0.15, 0.2) is 60.8 Å². The molecule has 120 valence electrons. The largest absolute Gasteiger partial charge is 0.478 e. The maximum absolute atomic E-state index is 13.1. The van der Waals surface area contributed by atoms with E-state index < -0.39 is 5.97 Å². The van der Waals surface area contributed by atoms with Crippen molar-refractivity contribution in [1.29, 1.82) is 0 Å². The molecule has 0 aliphatic carbocycles. The molecule has 1 aromatic heterocycles. The number of aromatic nitrogens is 1. The van der Waals surface area contributed by atoms with E-state index in [0.29, 0.717) is 28.3 Å². The van der Waals surface area contributed by atoms with Crippen molar-refractivity contribution in [3.05, 3.63) is 88.3 Å². The molecular formula is C19H13ClFNO2. The Morgan fingerprint density at radius 1 is 1.08 bits per heavy atom. The first-order valence-corrected chi connectivity index (χ1v) is 7.64. The van der Waals surface area contributed by atoms with E-state index in [-0.39, 0.29) is 11.4 Å². The van der Waals surface area contributed by atoms with Crippen molar-refractivity contribution in [1.82, 2.24) is 4.98 Å². The third-order valence-corrected chi connectivity index (χ3v) is 4.07. The van der Waals surface area contributed by atoms with Crippen LogP contribution in [0.5, 0.6) is 0 Å². The number of halogens is 2. The summed E-state index contributed by atoms with van der Waals surface area (Å²) < 4.78 is 13.1. The fraction of sp³-hybridized carbons (Fsp3) is 0.0526. The van der Waals surface area contributed by atoms with Gasteiger partial charge in [0.15, 0.2) is 0 Å². The van der Waals surface area contributed by atoms with E-state index in [1.54, 1.807) is 24.3 Å². The maximum Gasteiger partial charge on any atom is 0.337 e. The Balaban J connectivity index is 2.05. The Bertz CT molecular complexity index is 894. The molecule has 0 aliphatic rings. The van der Waals surface area contributed by atoms with Crippen LogP contribution in [0, 0.1) is 5.82 Å². The molecule has 0 aliphatic heterocycles. The number of aromatic carboxylic acids is 1. The number of rotatable bonds is 4. The summed E-state index contributed by atoms with van der Waals surface area (Å²) in [6.45, 7) is 0. The van der Waals surface area contributed by atoms with E-state index in [2.05, 4.69) is 4.98 Å². The number of hydrogen-bond donors (Lipinski definition) is 1. The molecule has 3 nitrogen and oxygen atoms in total. The van der Waals surface area contributed by atoms with Crippen LogP contribution in [-0.4, -0.2) is 16.1 Å². The van der Waals surface area contributed by atoms with Crippen molar-refractivity contribution in [3.8, 4) is 11.3 Å². The van der Waals surface area contributed by atoms with E-state index in [1.165, 1.54) is 18.3 Å². The Morgan fingerprint density at radius 3 is 2.46 bits per heavy atom. The van der Waals surface area contributed by atoms with Gasteiger partial charge >= 0.3 is 5.97 Å². The topological polar surface area (TPSA) is 50.2 Å². The predicted octanol–water partition coefficient (Wildman–Crippen LogP) is 4.83. The van der Waals surface area contributed by atoms with Crippen molar-refractivity contribution in [2.24, 2.45) is 0 Å². The lowest BCUT2D eigenvalue weighted by Gasteiger charge is -2.10. The van der Waals surface area contributed by atoms with Crippen LogP contribution in [0.2, 0.25) is 5.02 Å². The molecule has 3 rings (SSSR count). The average molecular weight is 342 g/mol. The smallest absolute Gasteiger partial charge is 0.337 e. The minimum Gasteiger partial charge on any atom is -0.478 e. The van der Waals surface area contributed by atoms with Crippen molar-refractivity contribution < 1.29 is 14.3 Å². The van der Waals surface area contributed by atoms with Crippen LogP contribution in [0.3, 0.4) is 0 Å². The van der Waals surface area contributed by atoms with Gasteiger partial charge in [-0.25, -0.2) is 9.18 Å². The van der Waals surface area contributed by atoms with E-state index in [0.717, 1.165) is 5.56 Å². The molecule has 1 N–H and O–H groups in total. The molecular weight excluding hydrogens is 329 g/mol. The predicted molar refractivity (Wildman–Crippen MR) is 90.8 cm³/mol. The second-order valence-electron chi connectivity index (χ2n) is 5.31. The van der Waals surface area contributed by atoms with E-state index in [4.69, 9.17) is 11.6 Å². The second-order valence-corrected chi connectivity index (χ2v) is 5.71. The van der Waals surface area contributed by atoms with Crippen molar-refractivity contribution in [3.63, 3.8) is 0 Å². The highest BCUT2D eigenvalue weighted by Gasteiger charge is 2.14. The number of benzene rings is 2. The van der Waals surface area contributed by atoms with Crippen LogP contribution >= 0.6 is 11.6 Å². The van der Waals surface area contributed by atoms with Crippen molar-refractivity contribution in [2.75, 3.05) is 0 Å². The lowest BCUT2D eigenvalue weighted by Crippen LogP contribution is -2.05. The quantitative estimate of drug-likeness (QED) is 0.739. The Hall–Kier alpha value is -2.72. The second kappa shape index (κ2) is 6.81. The van der Waals surface area contributed by atoms with Crippen LogP contribution in [0.25, 0.3) is 11.3 Å². The molecule has 5 heteroatoms. The molecule has 0 radical (unpaired) electrons. The maximum atomic E-state index is 13.1. The van der Waals surface area contributed by atoms with Crippen molar-refractivity contribution >= 4 is 17.6 Å². The summed E-state index contributed by atoms with van der Waals surface area (Å²) >= 11 is 6.18. The SMILES string of the molecule is O=C(O)c1cnc(-c2ccc(F)cc2)cc1Cc1ccccc1Cl. The van der Waals surface area contributed by atoms with Gasteiger partial charge in [-0.1, -0.05) is 29.8 Å². The van der Waals surface area contributed by atoms with Gasteiger partial charge in [0, 0.05) is 16.8 Å². The molecule has 0 atom stereocenters. The highest BCUT2D eigenvalue weighted by molar-refractivity contribution is 6.31. The number of pyridine rings is 1. The highest BCUT2D eigenvalue weighted by Crippen LogP contribution is 2.25. The van der Waals surface area contributed by atoms with Gasteiger partial charge in [-0.3, -0.25) is 4.98 Å². The standard InChI is InChI=1S/C19H13ClFNO2/c20-17-4-2-1-3-13(17)9-14-10-18(22-11-16(14)19(23)24)12-5-7-15(21)8-6-12/h1-8,10-11H,9H2,(H,23,24). The average Bonchev–Trinajstić information content (AvgIpc) is 2.57. The zero-order valence-electron chi connectivity index (χ0n) is 12.5. The fourth-order valence-corrected chi connectivity index (χ4v) is 2.66. The van der Waals surface area contributed by atoms with Gasteiger partial charge in [-0.2, -0.15) is 0 Å². The summed E-state index contributed by atoms with van der Waals surface area (Å²) in [5.41, 5.74) is 2.86. The van der Waals surface area contributed by atoms with E-state index in [1.807, 2.05) is 18.2 Å². The molecule has 0 saturated heterocycles. The van der Waals surface area contributed by atoms with E-state index in [9.17, 15) is 14.3 Å². The molecule has 0 spiro atoms. The van der Waals surface area contributed by atoms with Crippen LogP contribution in [0.1, 0.15) is 21.5 Å². The molecule has 1 heterocycles. The lowest BCUT2D eigenvalue weighted by molar-refractivity contribution is 0.0695. The van der Waals surface area contributed by atoms with Gasteiger partial charge in [-0.15, -0.1) is 0 Å². The Labute approximate surface area is 143 Å². The number of carboxylic acids is 1. The molecule has 3 aromatic rings. The summed E-state index contributed by atoms with van der Waals surface area (Å²) in [6.07, 6.45) is 1.70. The summed E-state index contributed by atoms with van der Waals surface area (Å²) in [5, 5.41) is 9.97. The molecule has 0 unspecified atom stereocenters. The lowest BCUT2D eigenvalue weighted by atomic mass is 9.99. The zero-order valence-corrected chi connectivity index (χ0v) is 13.3. The number of hydrogen-bond acceptors (Lipinski definition) is 2. The normalized spacial score (nSPS) is 10.6. The summed E-state index contributed by atoms with van der Waals surface area (Å²) in [7, 11) is 0. The third-order valence-electron chi connectivity index (χ3n) is 3.70. The first-order valence-electron chi connectivity index (χ1n) is 7.26. The molecule has 0 amide bonds. The fourth-order valence-electron chi connectivity index (χ4n) is 2.46. The number of carbonyl (C=O) groups is 1. The number of nitrogens with zero attached hydrogens (tertiary/aromatic N) is 1. The molecule has 0 bridgehead atoms. The summed E-state index contributed by atoms with van der Waals surface area (Å²) in [4.78, 5) is 15.7. The van der Waals surface area contributed by atoms with E-state index >= 15 is 0 Å². The van der Waals surface area contributed by atoms with Gasteiger partial charge < -0.3 is 5.11 Å².